The van der Waals surface area contributed by atoms with E-state index in [0.717, 1.165) is 41.4 Å². The molecule has 1 fully saturated rings. The van der Waals surface area contributed by atoms with Crippen molar-refractivity contribution in [1.29, 1.82) is 0 Å². The van der Waals surface area contributed by atoms with Gasteiger partial charge in [0.15, 0.2) is 0 Å². The Morgan fingerprint density at radius 1 is 1.40 bits per heavy atom. The summed E-state index contributed by atoms with van der Waals surface area (Å²) in [5, 5.41) is 4.17. The van der Waals surface area contributed by atoms with Gasteiger partial charge in [-0.3, -0.25) is 4.79 Å². The Hall–Kier alpha value is -1.33. The maximum atomic E-state index is 12.4. The molecular weight excluding hydrogens is 320 g/mol. The molecule has 0 atom stereocenters. The first-order chi connectivity index (χ1) is 9.66. The zero-order valence-electron chi connectivity index (χ0n) is 11.4. The molecule has 1 aliphatic heterocycles. The Bertz CT molecular complexity index is 645. The number of aromatic nitrogens is 1. The number of hydrogen-bond donors (Lipinski definition) is 1. The van der Waals surface area contributed by atoms with Gasteiger partial charge in [0.1, 0.15) is 5.69 Å². The van der Waals surface area contributed by atoms with Gasteiger partial charge in [0.25, 0.3) is 5.91 Å². The van der Waals surface area contributed by atoms with Gasteiger partial charge in [-0.05, 0) is 40.9 Å². The highest BCUT2D eigenvalue weighted by atomic mass is 79.9. The molecule has 20 heavy (non-hydrogen) atoms. The number of benzene rings is 1. The summed E-state index contributed by atoms with van der Waals surface area (Å²) < 4.78 is 8.25. The van der Waals surface area contributed by atoms with E-state index in [2.05, 4.69) is 21.2 Å². The zero-order chi connectivity index (χ0) is 14.1. The molecule has 0 unspecified atom stereocenters. The molecule has 0 bridgehead atoms. The van der Waals surface area contributed by atoms with Crippen molar-refractivity contribution in [2.45, 2.75) is 18.9 Å². The predicted octanol–water partition coefficient (Wildman–Crippen LogP) is 2.85. The molecule has 0 radical (unpaired) electrons. The van der Waals surface area contributed by atoms with Gasteiger partial charge in [-0.1, -0.05) is 12.1 Å². The van der Waals surface area contributed by atoms with Gasteiger partial charge in [-0.2, -0.15) is 0 Å². The van der Waals surface area contributed by atoms with Crippen molar-refractivity contribution < 1.29 is 9.53 Å². The van der Waals surface area contributed by atoms with E-state index in [-0.39, 0.29) is 11.9 Å². The van der Waals surface area contributed by atoms with E-state index in [9.17, 15) is 4.79 Å². The lowest BCUT2D eigenvalue weighted by Gasteiger charge is -2.23. The van der Waals surface area contributed by atoms with Gasteiger partial charge in [0.05, 0.1) is 5.52 Å². The van der Waals surface area contributed by atoms with Crippen molar-refractivity contribution in [3.63, 3.8) is 0 Å². The molecule has 1 amide bonds. The third-order valence-corrected chi connectivity index (χ3v) is 4.44. The number of carbonyl (C=O) groups excluding carboxylic acids is 1. The summed E-state index contributed by atoms with van der Waals surface area (Å²) in [7, 11) is 1.92. The Labute approximate surface area is 126 Å². The normalized spacial score (nSPS) is 16.5. The molecule has 0 saturated carbocycles. The van der Waals surface area contributed by atoms with Crippen LogP contribution in [-0.4, -0.2) is 29.7 Å². The van der Waals surface area contributed by atoms with Gasteiger partial charge in [0.2, 0.25) is 0 Å². The summed E-state index contributed by atoms with van der Waals surface area (Å²) in [4.78, 5) is 12.4. The highest BCUT2D eigenvalue weighted by Crippen LogP contribution is 2.26. The van der Waals surface area contributed by atoms with E-state index in [1.165, 1.54) is 0 Å². The van der Waals surface area contributed by atoms with E-state index in [0.29, 0.717) is 5.69 Å². The zero-order valence-corrected chi connectivity index (χ0v) is 12.9. The van der Waals surface area contributed by atoms with Crippen molar-refractivity contribution in [2.75, 3.05) is 13.2 Å². The summed E-state index contributed by atoms with van der Waals surface area (Å²) in [5.74, 6) is -0.0116. The fourth-order valence-corrected chi connectivity index (χ4v) is 3.33. The Morgan fingerprint density at radius 3 is 2.85 bits per heavy atom. The maximum absolute atomic E-state index is 12.4. The lowest BCUT2D eigenvalue weighted by atomic mass is 10.1. The lowest BCUT2D eigenvalue weighted by Crippen LogP contribution is -2.39. The molecule has 1 aromatic heterocycles. The Kier molecular flexibility index (Phi) is 3.81. The molecule has 2 aromatic rings. The summed E-state index contributed by atoms with van der Waals surface area (Å²) in [6.45, 7) is 1.46. The number of nitrogens with zero attached hydrogens (tertiary/aromatic N) is 1. The average molecular weight is 337 g/mol. The third kappa shape index (κ3) is 2.47. The van der Waals surface area contributed by atoms with E-state index in [4.69, 9.17) is 4.74 Å². The van der Waals surface area contributed by atoms with Crippen LogP contribution in [0.5, 0.6) is 0 Å². The summed E-state index contributed by atoms with van der Waals surface area (Å²) >= 11 is 3.54. The van der Waals surface area contributed by atoms with Crippen LogP contribution in [0.25, 0.3) is 10.9 Å². The molecule has 0 spiro atoms. The first kappa shape index (κ1) is 13.6. The molecular formula is C15H17BrN2O2. The molecule has 106 valence electrons. The number of nitrogens with one attached hydrogen (secondary N) is 1. The van der Waals surface area contributed by atoms with E-state index < -0.39 is 0 Å². The second-order valence-electron chi connectivity index (χ2n) is 5.13. The number of rotatable bonds is 2. The van der Waals surface area contributed by atoms with Crippen LogP contribution in [-0.2, 0) is 11.8 Å². The fraction of sp³-hybridized carbons (Fsp3) is 0.400. The minimum absolute atomic E-state index is 0.0116. The second-order valence-corrected chi connectivity index (χ2v) is 5.98. The molecule has 4 nitrogen and oxygen atoms in total. The summed E-state index contributed by atoms with van der Waals surface area (Å²) in [6, 6.07) is 8.15. The molecule has 2 heterocycles. The number of para-hydroxylation sites is 1. The highest BCUT2D eigenvalue weighted by molar-refractivity contribution is 9.10. The van der Waals surface area contributed by atoms with Gasteiger partial charge >= 0.3 is 0 Å². The van der Waals surface area contributed by atoms with Crippen LogP contribution in [0.4, 0.5) is 0 Å². The first-order valence-corrected chi connectivity index (χ1v) is 7.58. The van der Waals surface area contributed by atoms with Gasteiger partial charge in [-0.15, -0.1) is 0 Å². The van der Waals surface area contributed by atoms with Crippen LogP contribution < -0.4 is 5.32 Å². The standard InChI is InChI=1S/C15H17BrN2O2/c1-18-13(9-10-3-2-4-12(16)14(10)18)15(19)17-11-5-7-20-8-6-11/h2-4,9,11H,5-8H2,1H3,(H,17,19). The number of aryl methyl sites for hydroxylation is 1. The molecule has 1 saturated heterocycles. The van der Waals surface area contributed by atoms with Crippen LogP contribution in [0.3, 0.4) is 0 Å². The monoisotopic (exact) mass is 336 g/mol. The smallest absolute Gasteiger partial charge is 0.268 e. The van der Waals surface area contributed by atoms with Crippen LogP contribution in [0.2, 0.25) is 0 Å². The molecule has 3 rings (SSSR count). The molecule has 0 aliphatic carbocycles. The maximum Gasteiger partial charge on any atom is 0.268 e. The van der Waals surface area contributed by atoms with Gasteiger partial charge < -0.3 is 14.6 Å². The largest absolute Gasteiger partial charge is 0.381 e. The minimum Gasteiger partial charge on any atom is -0.381 e. The average Bonchev–Trinajstić information content (AvgIpc) is 2.79. The number of amides is 1. The van der Waals surface area contributed by atoms with E-state index >= 15 is 0 Å². The second kappa shape index (κ2) is 5.58. The Balaban J connectivity index is 1.87. The van der Waals surface area contributed by atoms with Crippen LogP contribution in [0.1, 0.15) is 23.3 Å². The van der Waals surface area contributed by atoms with E-state index in [1.807, 2.05) is 35.9 Å². The van der Waals surface area contributed by atoms with Crippen molar-refractivity contribution in [3.8, 4) is 0 Å². The topological polar surface area (TPSA) is 43.3 Å². The summed E-state index contributed by atoms with van der Waals surface area (Å²) in [5.41, 5.74) is 1.74. The van der Waals surface area contributed by atoms with Crippen LogP contribution in [0, 0.1) is 0 Å². The Morgan fingerprint density at radius 2 is 2.15 bits per heavy atom. The predicted molar refractivity (Wildman–Crippen MR) is 81.9 cm³/mol. The van der Waals surface area contributed by atoms with Gasteiger partial charge in [-0.25, -0.2) is 0 Å². The minimum atomic E-state index is -0.0116. The lowest BCUT2D eigenvalue weighted by molar-refractivity contribution is 0.0693. The number of carbonyl (C=O) groups is 1. The fourth-order valence-electron chi connectivity index (χ4n) is 2.69. The van der Waals surface area contributed by atoms with Crippen molar-refractivity contribution in [3.05, 3.63) is 34.4 Å². The van der Waals surface area contributed by atoms with Gasteiger partial charge in [0, 0.05) is 36.2 Å². The quantitative estimate of drug-likeness (QED) is 0.916. The molecule has 1 aromatic carbocycles. The third-order valence-electron chi connectivity index (χ3n) is 3.80. The molecule has 1 aliphatic rings. The number of ether oxygens (including phenoxy) is 1. The van der Waals surface area contributed by atoms with Crippen molar-refractivity contribution >= 4 is 32.7 Å². The van der Waals surface area contributed by atoms with Crippen molar-refractivity contribution in [1.82, 2.24) is 9.88 Å². The molecule has 1 N–H and O–H groups in total. The highest BCUT2D eigenvalue weighted by Gasteiger charge is 2.20. The van der Waals surface area contributed by atoms with Crippen LogP contribution in [0.15, 0.2) is 28.7 Å². The number of fused-ring (bicyclic) bond motifs is 1. The van der Waals surface area contributed by atoms with Crippen molar-refractivity contribution in [2.24, 2.45) is 7.05 Å². The first-order valence-electron chi connectivity index (χ1n) is 6.79. The van der Waals surface area contributed by atoms with Crippen LogP contribution >= 0.6 is 15.9 Å². The SMILES string of the molecule is Cn1c(C(=O)NC2CCOCC2)cc2cccc(Br)c21. The number of hydrogen-bond acceptors (Lipinski definition) is 2. The molecule has 5 heteroatoms. The van der Waals surface area contributed by atoms with E-state index in [1.54, 1.807) is 0 Å². The number of halogens is 1. The summed E-state index contributed by atoms with van der Waals surface area (Å²) in [6.07, 6.45) is 1.78.